The molecule has 0 spiro atoms. The number of carboxylic acids is 1. The van der Waals surface area contributed by atoms with Crippen LogP contribution in [0.1, 0.15) is 38.1 Å². The molecule has 136 valence electrons. The first-order chi connectivity index (χ1) is 11.8. The Morgan fingerprint density at radius 1 is 1.36 bits per heavy atom. The van der Waals surface area contributed by atoms with Crippen LogP contribution in [-0.2, 0) is 11.2 Å². The number of hydrogen-bond acceptors (Lipinski definition) is 7. The fourth-order valence-corrected chi connectivity index (χ4v) is 2.93. The maximum Gasteiger partial charge on any atom is 0.307 e. The fraction of sp³-hybridized carbons (Fsp3) is 0.562. The molecule has 0 aliphatic carbocycles. The van der Waals surface area contributed by atoms with Gasteiger partial charge < -0.3 is 15.5 Å². The van der Waals surface area contributed by atoms with E-state index in [1.165, 1.54) is 0 Å². The van der Waals surface area contributed by atoms with Gasteiger partial charge in [-0.2, -0.15) is 0 Å². The van der Waals surface area contributed by atoms with Gasteiger partial charge in [0.15, 0.2) is 5.82 Å². The number of tetrazole rings is 1. The van der Waals surface area contributed by atoms with Gasteiger partial charge in [-0.3, -0.25) is 4.79 Å². The van der Waals surface area contributed by atoms with Crippen LogP contribution in [0, 0.1) is 11.3 Å². The van der Waals surface area contributed by atoms with E-state index in [4.69, 9.17) is 5.11 Å². The van der Waals surface area contributed by atoms with Gasteiger partial charge >= 0.3 is 5.97 Å². The Kier molecular flexibility index (Phi) is 6.02. The van der Waals surface area contributed by atoms with Gasteiger partial charge in [0.1, 0.15) is 5.82 Å². The van der Waals surface area contributed by atoms with E-state index >= 15 is 0 Å². The van der Waals surface area contributed by atoms with Crippen molar-refractivity contribution < 1.29 is 15.0 Å². The molecule has 0 unspecified atom stereocenters. The third-order valence-corrected chi connectivity index (χ3v) is 4.01. The van der Waals surface area contributed by atoms with E-state index in [0.29, 0.717) is 24.6 Å². The second-order valence-electron chi connectivity index (χ2n) is 6.98. The zero-order valence-electron chi connectivity index (χ0n) is 14.6. The molecule has 2 atom stereocenters. The number of rotatable bonds is 8. The molecule has 0 bridgehead atoms. The van der Waals surface area contributed by atoms with Crippen molar-refractivity contribution in [2.75, 3.05) is 18.5 Å². The summed E-state index contributed by atoms with van der Waals surface area (Å²) < 4.78 is 0. The van der Waals surface area contributed by atoms with Crippen LogP contribution in [0.5, 0.6) is 0 Å². The minimum Gasteiger partial charge on any atom is -0.481 e. The average molecular weight is 348 g/mol. The Balaban J connectivity index is 2.26. The maximum atomic E-state index is 11.9. The highest BCUT2D eigenvalue weighted by Crippen LogP contribution is 2.38. The largest absolute Gasteiger partial charge is 0.481 e. The Labute approximate surface area is 145 Å². The molecule has 0 saturated heterocycles. The first-order valence-electron chi connectivity index (χ1n) is 8.09. The van der Waals surface area contributed by atoms with Crippen LogP contribution in [-0.4, -0.2) is 54.9 Å². The summed E-state index contributed by atoms with van der Waals surface area (Å²) in [4.78, 5) is 16.2. The van der Waals surface area contributed by atoms with E-state index in [1.54, 1.807) is 12.3 Å². The Morgan fingerprint density at radius 2 is 2.12 bits per heavy atom. The lowest BCUT2D eigenvalue weighted by atomic mass is 9.71. The number of nitrogens with zero attached hydrogens (tertiary/aromatic N) is 4. The van der Waals surface area contributed by atoms with Crippen LogP contribution < -0.4 is 5.32 Å². The lowest BCUT2D eigenvalue weighted by Crippen LogP contribution is -2.35. The van der Waals surface area contributed by atoms with E-state index in [9.17, 15) is 9.90 Å². The van der Waals surface area contributed by atoms with Crippen LogP contribution in [0.3, 0.4) is 0 Å². The molecule has 0 radical (unpaired) electrons. The third-order valence-electron chi connectivity index (χ3n) is 4.01. The molecule has 0 saturated carbocycles. The lowest BCUT2D eigenvalue weighted by molar-refractivity contribution is -0.146. The van der Waals surface area contributed by atoms with E-state index in [-0.39, 0.29) is 6.61 Å². The molecule has 25 heavy (non-hydrogen) atoms. The van der Waals surface area contributed by atoms with Crippen LogP contribution in [0.2, 0.25) is 0 Å². The molecule has 9 heteroatoms. The summed E-state index contributed by atoms with van der Waals surface area (Å²) in [7, 11) is 0. The smallest absolute Gasteiger partial charge is 0.307 e. The molecule has 9 nitrogen and oxygen atoms in total. The van der Waals surface area contributed by atoms with Crippen molar-refractivity contribution in [1.29, 1.82) is 0 Å². The van der Waals surface area contributed by atoms with Gasteiger partial charge in [0, 0.05) is 18.7 Å². The molecule has 4 N–H and O–H groups in total. The molecular weight excluding hydrogens is 324 g/mol. The summed E-state index contributed by atoms with van der Waals surface area (Å²) in [5, 5.41) is 35.4. The SMILES string of the molecule is CC(C)(C)[C@H](C(=O)O)[C@H](Cc1ccc(NCCO)nc1)c1nnn[nH]1. The number of carbonyl (C=O) groups is 1. The van der Waals surface area contributed by atoms with Crippen LogP contribution >= 0.6 is 0 Å². The molecule has 0 aliphatic heterocycles. The Morgan fingerprint density at radius 3 is 2.60 bits per heavy atom. The predicted octanol–water partition coefficient (Wildman–Crippen LogP) is 1.07. The quantitative estimate of drug-likeness (QED) is 0.556. The minimum atomic E-state index is -0.886. The van der Waals surface area contributed by atoms with Crippen LogP contribution in [0.15, 0.2) is 18.3 Å². The number of pyridine rings is 1. The number of hydrogen-bond donors (Lipinski definition) is 4. The maximum absolute atomic E-state index is 11.9. The number of anilines is 1. The highest BCUT2D eigenvalue weighted by atomic mass is 16.4. The van der Waals surface area contributed by atoms with Gasteiger partial charge in [-0.25, -0.2) is 10.1 Å². The van der Waals surface area contributed by atoms with Crippen molar-refractivity contribution >= 4 is 11.8 Å². The molecule has 2 rings (SSSR count). The summed E-state index contributed by atoms with van der Waals surface area (Å²) in [5.74, 6) is -0.867. The molecule has 0 fully saturated rings. The van der Waals surface area contributed by atoms with Gasteiger partial charge in [0.25, 0.3) is 0 Å². The first-order valence-corrected chi connectivity index (χ1v) is 8.09. The summed E-state index contributed by atoms with van der Waals surface area (Å²) >= 11 is 0. The number of nitrogens with one attached hydrogen (secondary N) is 2. The van der Waals surface area contributed by atoms with Gasteiger partial charge in [-0.15, -0.1) is 5.10 Å². The molecule has 2 heterocycles. The number of H-pyrrole nitrogens is 1. The first kappa shape index (κ1) is 18.8. The zero-order chi connectivity index (χ0) is 18.4. The van der Waals surface area contributed by atoms with E-state index in [0.717, 1.165) is 5.56 Å². The van der Waals surface area contributed by atoms with E-state index < -0.39 is 23.2 Å². The number of aromatic nitrogens is 5. The van der Waals surface area contributed by atoms with Gasteiger partial charge in [-0.05, 0) is 33.9 Å². The Bertz CT molecular complexity index is 666. The second kappa shape index (κ2) is 8.02. The summed E-state index contributed by atoms with van der Waals surface area (Å²) in [6, 6.07) is 3.68. The van der Waals surface area contributed by atoms with Crippen molar-refractivity contribution in [3.05, 3.63) is 29.7 Å². The number of aliphatic carboxylic acids is 1. The zero-order valence-corrected chi connectivity index (χ0v) is 14.6. The highest BCUT2D eigenvalue weighted by molar-refractivity contribution is 5.72. The Hall–Kier alpha value is -2.55. The van der Waals surface area contributed by atoms with Crippen molar-refractivity contribution in [2.45, 2.75) is 33.1 Å². The minimum absolute atomic E-state index is 0.0237. The molecule has 2 aromatic rings. The van der Waals surface area contributed by atoms with Crippen molar-refractivity contribution in [1.82, 2.24) is 25.6 Å². The number of carboxylic acid groups (broad SMARTS) is 1. The van der Waals surface area contributed by atoms with E-state index in [1.807, 2.05) is 26.8 Å². The summed E-state index contributed by atoms with van der Waals surface area (Å²) in [6.07, 6.45) is 2.14. The molecule has 0 aromatic carbocycles. The number of aliphatic hydroxyl groups is 1. The van der Waals surface area contributed by atoms with Gasteiger partial charge in [-0.1, -0.05) is 26.8 Å². The van der Waals surface area contributed by atoms with Crippen molar-refractivity contribution in [3.63, 3.8) is 0 Å². The molecular formula is C16H24N6O3. The molecule has 0 amide bonds. The van der Waals surface area contributed by atoms with Crippen LogP contribution in [0.4, 0.5) is 5.82 Å². The van der Waals surface area contributed by atoms with Crippen molar-refractivity contribution in [3.8, 4) is 0 Å². The second-order valence-corrected chi connectivity index (χ2v) is 6.98. The number of aliphatic hydroxyl groups excluding tert-OH is 1. The molecule has 2 aromatic heterocycles. The number of aromatic amines is 1. The molecule has 0 aliphatic rings. The summed E-state index contributed by atoms with van der Waals surface area (Å²) in [6.45, 7) is 6.12. The standard InChI is InChI=1S/C16H24N6O3/c1-16(2,3)13(15(24)25)11(14-19-21-22-20-14)8-10-4-5-12(18-9-10)17-6-7-23/h4-5,9,11,13,23H,6-8H2,1-3H3,(H,17,18)(H,24,25)(H,19,20,21,22)/t11-,13-/m0/s1. The van der Waals surface area contributed by atoms with E-state index in [2.05, 4.69) is 30.9 Å². The highest BCUT2D eigenvalue weighted by Gasteiger charge is 2.40. The predicted molar refractivity (Wildman–Crippen MR) is 91.0 cm³/mol. The summed E-state index contributed by atoms with van der Waals surface area (Å²) in [5.41, 5.74) is 0.408. The fourth-order valence-electron chi connectivity index (χ4n) is 2.93. The third kappa shape index (κ3) is 4.96. The average Bonchev–Trinajstić information content (AvgIpc) is 3.06. The van der Waals surface area contributed by atoms with Gasteiger partial charge in [0.05, 0.1) is 12.5 Å². The normalized spacial score (nSPS) is 14.1. The van der Waals surface area contributed by atoms with Crippen LogP contribution in [0.25, 0.3) is 0 Å². The topological polar surface area (TPSA) is 137 Å². The van der Waals surface area contributed by atoms with Crippen molar-refractivity contribution in [2.24, 2.45) is 11.3 Å². The van der Waals surface area contributed by atoms with Gasteiger partial charge in [0.2, 0.25) is 0 Å². The lowest BCUT2D eigenvalue weighted by Gasteiger charge is -2.32. The monoisotopic (exact) mass is 348 g/mol.